The second kappa shape index (κ2) is 9.08. The van der Waals surface area contributed by atoms with Crippen LogP contribution in [0, 0.1) is 46.3 Å². The van der Waals surface area contributed by atoms with E-state index in [2.05, 4.69) is 40.7 Å². The molecule has 4 aliphatic carbocycles. The Bertz CT molecular complexity index is 771. The molecule has 0 aliphatic heterocycles. The summed E-state index contributed by atoms with van der Waals surface area (Å²) >= 11 is 0. The zero-order valence-corrected chi connectivity index (χ0v) is 22.3. The van der Waals surface area contributed by atoms with Crippen molar-refractivity contribution in [3.8, 4) is 0 Å². The van der Waals surface area contributed by atoms with Gasteiger partial charge in [0.1, 0.15) is 5.60 Å². The molecule has 0 amide bonds. The molecule has 188 valence electrons. The maximum atomic E-state index is 12.7. The minimum absolute atomic E-state index is 0.148. The molecule has 0 bridgehead atoms. The molecular formula is C30H51NO2. The summed E-state index contributed by atoms with van der Waals surface area (Å²) in [5.41, 5.74) is 6.64. The zero-order valence-electron chi connectivity index (χ0n) is 22.3. The van der Waals surface area contributed by atoms with Gasteiger partial charge in [0.2, 0.25) is 0 Å². The van der Waals surface area contributed by atoms with Crippen LogP contribution in [0.5, 0.6) is 0 Å². The van der Waals surface area contributed by atoms with E-state index in [1.54, 1.807) is 6.92 Å². The van der Waals surface area contributed by atoms with Crippen LogP contribution in [0.2, 0.25) is 0 Å². The van der Waals surface area contributed by atoms with Crippen LogP contribution >= 0.6 is 0 Å². The minimum atomic E-state index is -1.25. The number of carbonyl (C=O) groups excluding carboxylic acids is 1. The Hall–Kier alpha value is -0.670. The SMILES string of the molecule is CC(C)CCCC(C)[C@H]1CC[C@H]2[C@@H]3CC=C4C[C@](O)(C(=O)C(C)N)CC[C@]4(C)[C@H]3CC[C@]12C. The highest BCUT2D eigenvalue weighted by Gasteiger charge is 2.60. The summed E-state index contributed by atoms with van der Waals surface area (Å²) in [5, 5.41) is 11.2. The van der Waals surface area contributed by atoms with E-state index in [0.29, 0.717) is 24.2 Å². The molecule has 33 heavy (non-hydrogen) atoms. The van der Waals surface area contributed by atoms with Gasteiger partial charge in [-0.1, -0.05) is 65.5 Å². The molecule has 0 aromatic rings. The van der Waals surface area contributed by atoms with Crippen LogP contribution in [0.4, 0.5) is 0 Å². The monoisotopic (exact) mass is 457 g/mol. The van der Waals surface area contributed by atoms with Gasteiger partial charge in [-0.25, -0.2) is 0 Å². The first-order valence-corrected chi connectivity index (χ1v) is 14.1. The van der Waals surface area contributed by atoms with E-state index in [0.717, 1.165) is 42.4 Å². The third-order valence-electron chi connectivity index (χ3n) is 11.2. The summed E-state index contributed by atoms with van der Waals surface area (Å²) in [5.74, 6) is 4.70. The molecule has 3 heteroatoms. The van der Waals surface area contributed by atoms with E-state index in [4.69, 9.17) is 5.73 Å². The first-order chi connectivity index (χ1) is 15.4. The molecule has 4 rings (SSSR count). The van der Waals surface area contributed by atoms with Crippen molar-refractivity contribution >= 4 is 5.78 Å². The Balaban J connectivity index is 1.50. The van der Waals surface area contributed by atoms with Gasteiger partial charge in [-0.2, -0.15) is 0 Å². The fourth-order valence-corrected chi connectivity index (χ4v) is 9.31. The number of fused-ring (bicyclic) bond motifs is 5. The highest BCUT2D eigenvalue weighted by atomic mass is 16.3. The summed E-state index contributed by atoms with van der Waals surface area (Å²) < 4.78 is 0. The number of hydrogen-bond acceptors (Lipinski definition) is 3. The minimum Gasteiger partial charge on any atom is -0.382 e. The third-order valence-corrected chi connectivity index (χ3v) is 11.2. The normalized spacial score (nSPS) is 44.5. The van der Waals surface area contributed by atoms with E-state index >= 15 is 0 Å². The number of nitrogens with two attached hydrogens (primary N) is 1. The van der Waals surface area contributed by atoms with E-state index in [1.807, 2.05) is 0 Å². The average molecular weight is 458 g/mol. The lowest BCUT2D eigenvalue weighted by molar-refractivity contribution is -0.144. The summed E-state index contributed by atoms with van der Waals surface area (Å²) in [4.78, 5) is 12.7. The van der Waals surface area contributed by atoms with Gasteiger partial charge in [0.05, 0.1) is 6.04 Å². The van der Waals surface area contributed by atoms with Crippen molar-refractivity contribution in [3.05, 3.63) is 11.6 Å². The lowest BCUT2D eigenvalue weighted by Gasteiger charge is -2.59. The maximum Gasteiger partial charge on any atom is 0.180 e. The first-order valence-electron chi connectivity index (χ1n) is 14.1. The molecule has 3 nitrogen and oxygen atoms in total. The number of Topliss-reactive ketones (excluding diaryl/α,β-unsaturated/α-hetero) is 1. The Morgan fingerprint density at radius 2 is 1.79 bits per heavy atom. The van der Waals surface area contributed by atoms with Gasteiger partial charge in [-0.15, -0.1) is 0 Å². The summed E-state index contributed by atoms with van der Waals surface area (Å²) in [6.07, 6.45) is 15.3. The average Bonchev–Trinajstić information content (AvgIpc) is 3.10. The maximum absolute atomic E-state index is 12.7. The van der Waals surface area contributed by atoms with Gasteiger partial charge >= 0.3 is 0 Å². The van der Waals surface area contributed by atoms with Gasteiger partial charge in [-0.05, 0) is 98.2 Å². The second-order valence-electron chi connectivity index (χ2n) is 13.7. The zero-order chi connectivity index (χ0) is 24.2. The topological polar surface area (TPSA) is 63.3 Å². The molecule has 3 fully saturated rings. The number of ketones is 1. The highest BCUT2D eigenvalue weighted by molar-refractivity contribution is 5.91. The van der Waals surface area contributed by atoms with Gasteiger partial charge in [-0.3, -0.25) is 4.79 Å². The van der Waals surface area contributed by atoms with Gasteiger partial charge in [0.25, 0.3) is 0 Å². The Morgan fingerprint density at radius 3 is 2.45 bits per heavy atom. The van der Waals surface area contributed by atoms with Crippen LogP contribution < -0.4 is 5.73 Å². The van der Waals surface area contributed by atoms with Crippen molar-refractivity contribution in [1.29, 1.82) is 0 Å². The molecular weight excluding hydrogens is 406 g/mol. The molecule has 0 saturated heterocycles. The molecule has 0 spiro atoms. The standard InChI is InChI=1S/C30H51NO2/c1-19(2)8-7-9-20(3)24-12-13-25-23-11-10-22-18-30(33,27(32)21(4)31)17-16-28(22,5)26(23)14-15-29(24,25)6/h10,19-21,23-26,33H,7-9,11-18,31H2,1-6H3/t20?,21?,23-,24+,25-,26-,28-,29+,30-/m0/s1. The number of aliphatic hydroxyl groups is 1. The fraction of sp³-hybridized carbons (Fsp3) is 0.900. The number of hydrogen-bond donors (Lipinski definition) is 2. The highest BCUT2D eigenvalue weighted by Crippen LogP contribution is 2.67. The van der Waals surface area contributed by atoms with E-state index in [-0.39, 0.29) is 11.2 Å². The van der Waals surface area contributed by atoms with Crippen LogP contribution in [-0.2, 0) is 4.79 Å². The van der Waals surface area contributed by atoms with E-state index in [9.17, 15) is 9.90 Å². The molecule has 9 atom stereocenters. The van der Waals surface area contributed by atoms with Crippen LogP contribution in [-0.4, -0.2) is 22.5 Å². The predicted octanol–water partition coefficient (Wildman–Crippen LogP) is 6.68. The third kappa shape index (κ3) is 4.28. The van der Waals surface area contributed by atoms with Crippen molar-refractivity contribution < 1.29 is 9.90 Å². The molecule has 0 heterocycles. The van der Waals surface area contributed by atoms with Crippen molar-refractivity contribution in [3.63, 3.8) is 0 Å². The molecule has 0 aromatic heterocycles. The van der Waals surface area contributed by atoms with E-state index in [1.165, 1.54) is 50.5 Å². The molecule has 0 aromatic carbocycles. The largest absolute Gasteiger partial charge is 0.382 e. The Kier molecular flexibility index (Phi) is 7.00. The molecule has 4 aliphatic rings. The van der Waals surface area contributed by atoms with Crippen LogP contribution in [0.25, 0.3) is 0 Å². The molecule has 0 radical (unpaired) electrons. The van der Waals surface area contributed by atoms with Crippen LogP contribution in [0.1, 0.15) is 112 Å². The predicted molar refractivity (Wildman–Crippen MR) is 137 cm³/mol. The first kappa shape index (κ1) is 25.4. The molecule has 2 unspecified atom stereocenters. The number of rotatable bonds is 7. The summed E-state index contributed by atoms with van der Waals surface area (Å²) in [6.45, 7) is 14.1. The van der Waals surface area contributed by atoms with Crippen molar-refractivity contribution in [2.24, 2.45) is 52.1 Å². The van der Waals surface area contributed by atoms with Gasteiger partial charge in [0, 0.05) is 6.42 Å². The quantitative estimate of drug-likeness (QED) is 0.419. The van der Waals surface area contributed by atoms with Crippen molar-refractivity contribution in [1.82, 2.24) is 0 Å². The van der Waals surface area contributed by atoms with Crippen LogP contribution in [0.15, 0.2) is 11.6 Å². The lowest BCUT2D eigenvalue weighted by atomic mass is 9.46. The second-order valence-corrected chi connectivity index (χ2v) is 13.7. The Labute approximate surface area is 203 Å². The summed E-state index contributed by atoms with van der Waals surface area (Å²) in [6, 6.07) is -0.593. The number of allylic oxidation sites excluding steroid dienone is 1. The Morgan fingerprint density at radius 1 is 1.06 bits per heavy atom. The number of carbonyl (C=O) groups is 1. The van der Waals surface area contributed by atoms with E-state index < -0.39 is 11.6 Å². The van der Waals surface area contributed by atoms with Crippen molar-refractivity contribution in [2.45, 2.75) is 124 Å². The smallest absolute Gasteiger partial charge is 0.180 e. The fourth-order valence-electron chi connectivity index (χ4n) is 9.31. The lowest BCUT2D eigenvalue weighted by Crippen LogP contribution is -2.56. The molecule has 3 N–H and O–H groups in total. The van der Waals surface area contributed by atoms with Crippen molar-refractivity contribution in [2.75, 3.05) is 0 Å². The van der Waals surface area contributed by atoms with Gasteiger partial charge < -0.3 is 10.8 Å². The summed E-state index contributed by atoms with van der Waals surface area (Å²) in [7, 11) is 0. The molecule has 3 saturated carbocycles. The van der Waals surface area contributed by atoms with Crippen LogP contribution in [0.3, 0.4) is 0 Å². The van der Waals surface area contributed by atoms with Gasteiger partial charge in [0.15, 0.2) is 5.78 Å².